The normalized spacial score (nSPS) is 9.67. The second-order valence-electron chi connectivity index (χ2n) is 2.79. The first-order valence-corrected chi connectivity index (χ1v) is 4.21. The fourth-order valence-electron chi connectivity index (χ4n) is 1.24. The first-order chi connectivity index (χ1) is 7.19. The number of aliphatic hydroxyl groups excluding tert-OH is 1. The quantitative estimate of drug-likeness (QED) is 0.544. The maximum atomic E-state index is 10.7. The molecular formula is C10H10O5. The molecule has 0 spiro atoms. The number of aldehydes is 1. The second-order valence-corrected chi connectivity index (χ2v) is 2.79. The summed E-state index contributed by atoms with van der Waals surface area (Å²) in [7, 11) is 0. The van der Waals surface area contributed by atoms with Crippen molar-refractivity contribution in [1.29, 1.82) is 0 Å². The average molecular weight is 210 g/mol. The standard InChI is InChI=1S/C10H10O5/c11-5-7-2-1-3-9(15-6-12)8(7)4-10(13)14/h1-3,5,12H,4,6H2,(H,13,14). The summed E-state index contributed by atoms with van der Waals surface area (Å²) in [6, 6.07) is 4.55. The Labute approximate surface area is 85.9 Å². The molecule has 5 nitrogen and oxygen atoms in total. The van der Waals surface area contributed by atoms with E-state index < -0.39 is 12.8 Å². The maximum Gasteiger partial charge on any atom is 0.307 e. The van der Waals surface area contributed by atoms with E-state index in [2.05, 4.69) is 0 Å². The predicted molar refractivity (Wildman–Crippen MR) is 50.9 cm³/mol. The molecule has 0 heterocycles. The number of carboxylic acid groups (broad SMARTS) is 1. The van der Waals surface area contributed by atoms with Crippen molar-refractivity contribution in [2.75, 3.05) is 6.79 Å². The molecule has 0 fully saturated rings. The summed E-state index contributed by atoms with van der Waals surface area (Å²) in [6.07, 6.45) is 0.243. The van der Waals surface area contributed by atoms with E-state index in [0.29, 0.717) is 6.29 Å². The Bertz CT molecular complexity index is 372. The molecular weight excluding hydrogens is 200 g/mol. The number of aliphatic carboxylic acids is 1. The van der Waals surface area contributed by atoms with Crippen LogP contribution in [0.25, 0.3) is 0 Å². The van der Waals surface area contributed by atoms with Crippen LogP contribution in [0.2, 0.25) is 0 Å². The average Bonchev–Trinajstić information content (AvgIpc) is 2.20. The number of hydrogen-bond donors (Lipinski definition) is 2. The number of ether oxygens (including phenoxy) is 1. The smallest absolute Gasteiger partial charge is 0.307 e. The van der Waals surface area contributed by atoms with Crippen molar-refractivity contribution in [2.45, 2.75) is 6.42 Å². The number of carbonyl (C=O) groups excluding carboxylic acids is 1. The Balaban J connectivity index is 3.13. The molecule has 0 aliphatic heterocycles. The summed E-state index contributed by atoms with van der Waals surface area (Å²) in [4.78, 5) is 21.2. The summed E-state index contributed by atoms with van der Waals surface area (Å²) in [5.74, 6) is -0.850. The molecule has 80 valence electrons. The lowest BCUT2D eigenvalue weighted by Gasteiger charge is -2.09. The lowest BCUT2D eigenvalue weighted by atomic mass is 10.0. The van der Waals surface area contributed by atoms with Crippen molar-refractivity contribution >= 4 is 12.3 Å². The molecule has 0 aliphatic rings. The Morgan fingerprint density at radius 1 is 1.47 bits per heavy atom. The van der Waals surface area contributed by atoms with E-state index in [0.717, 1.165) is 0 Å². The van der Waals surface area contributed by atoms with Gasteiger partial charge in [0.05, 0.1) is 6.42 Å². The monoisotopic (exact) mass is 210 g/mol. The van der Waals surface area contributed by atoms with Crippen LogP contribution in [0.5, 0.6) is 5.75 Å². The van der Waals surface area contributed by atoms with E-state index in [9.17, 15) is 9.59 Å². The molecule has 1 aromatic carbocycles. The Kier molecular flexibility index (Phi) is 3.82. The van der Waals surface area contributed by atoms with Gasteiger partial charge in [0, 0.05) is 11.1 Å². The first kappa shape index (κ1) is 11.2. The number of rotatable bonds is 5. The van der Waals surface area contributed by atoms with Crippen LogP contribution >= 0.6 is 0 Å². The lowest BCUT2D eigenvalue weighted by molar-refractivity contribution is -0.136. The van der Waals surface area contributed by atoms with Crippen molar-refractivity contribution in [2.24, 2.45) is 0 Å². The molecule has 0 aromatic heterocycles. The van der Waals surface area contributed by atoms with E-state index in [1.165, 1.54) is 12.1 Å². The van der Waals surface area contributed by atoms with Gasteiger partial charge in [-0.2, -0.15) is 0 Å². The summed E-state index contributed by atoms with van der Waals surface area (Å²) >= 11 is 0. The Hall–Kier alpha value is -1.88. The highest BCUT2D eigenvalue weighted by atomic mass is 16.6. The van der Waals surface area contributed by atoms with Crippen molar-refractivity contribution < 1.29 is 24.5 Å². The molecule has 5 heteroatoms. The number of carboxylic acids is 1. The van der Waals surface area contributed by atoms with Crippen LogP contribution in [0.4, 0.5) is 0 Å². The predicted octanol–water partition coefficient (Wildman–Crippen LogP) is 0.455. The summed E-state index contributed by atoms with van der Waals surface area (Å²) < 4.78 is 4.81. The molecule has 0 amide bonds. The van der Waals surface area contributed by atoms with Gasteiger partial charge in [-0.3, -0.25) is 9.59 Å². The molecule has 0 radical (unpaired) electrons. The van der Waals surface area contributed by atoms with Crippen LogP contribution in [0.15, 0.2) is 18.2 Å². The van der Waals surface area contributed by atoms with Gasteiger partial charge in [-0.15, -0.1) is 0 Å². The Morgan fingerprint density at radius 3 is 2.73 bits per heavy atom. The molecule has 1 rings (SSSR count). The minimum Gasteiger partial charge on any atom is -0.481 e. The fourth-order valence-corrected chi connectivity index (χ4v) is 1.24. The molecule has 2 N–H and O–H groups in total. The van der Waals surface area contributed by atoms with Crippen molar-refractivity contribution in [3.05, 3.63) is 29.3 Å². The zero-order valence-corrected chi connectivity index (χ0v) is 7.84. The van der Waals surface area contributed by atoms with Crippen molar-refractivity contribution in [3.8, 4) is 5.75 Å². The largest absolute Gasteiger partial charge is 0.481 e. The van der Waals surface area contributed by atoms with E-state index in [1.807, 2.05) is 0 Å². The Morgan fingerprint density at radius 2 is 2.20 bits per heavy atom. The highest BCUT2D eigenvalue weighted by molar-refractivity contribution is 5.82. The number of aliphatic hydroxyl groups is 1. The van der Waals surface area contributed by atoms with Gasteiger partial charge in [0.1, 0.15) is 12.0 Å². The molecule has 0 saturated heterocycles. The first-order valence-electron chi connectivity index (χ1n) is 4.21. The zero-order valence-electron chi connectivity index (χ0n) is 7.84. The van der Waals surface area contributed by atoms with Gasteiger partial charge >= 0.3 is 5.97 Å². The van der Waals surface area contributed by atoms with Gasteiger partial charge < -0.3 is 14.9 Å². The highest BCUT2D eigenvalue weighted by Gasteiger charge is 2.12. The zero-order chi connectivity index (χ0) is 11.3. The highest BCUT2D eigenvalue weighted by Crippen LogP contribution is 2.22. The van der Waals surface area contributed by atoms with Crippen LogP contribution in [0, 0.1) is 0 Å². The van der Waals surface area contributed by atoms with Gasteiger partial charge in [-0.25, -0.2) is 0 Å². The number of benzene rings is 1. The van der Waals surface area contributed by atoms with Crippen LogP contribution in [0.3, 0.4) is 0 Å². The van der Waals surface area contributed by atoms with Crippen LogP contribution in [-0.4, -0.2) is 29.3 Å². The van der Waals surface area contributed by atoms with Crippen molar-refractivity contribution in [1.82, 2.24) is 0 Å². The van der Waals surface area contributed by atoms with Gasteiger partial charge in [0.25, 0.3) is 0 Å². The lowest BCUT2D eigenvalue weighted by Crippen LogP contribution is -2.07. The minimum atomic E-state index is -1.06. The third-order valence-electron chi connectivity index (χ3n) is 1.84. The summed E-state index contributed by atoms with van der Waals surface area (Å²) in [5.41, 5.74) is 0.525. The van der Waals surface area contributed by atoms with Gasteiger partial charge in [0.15, 0.2) is 6.79 Å². The van der Waals surface area contributed by atoms with E-state index in [4.69, 9.17) is 14.9 Å². The molecule has 0 unspecified atom stereocenters. The minimum absolute atomic E-state index is 0.213. The van der Waals surface area contributed by atoms with Crippen LogP contribution < -0.4 is 4.74 Å². The molecule has 0 bridgehead atoms. The maximum absolute atomic E-state index is 10.7. The van der Waals surface area contributed by atoms with Gasteiger partial charge in [0.2, 0.25) is 0 Å². The third-order valence-corrected chi connectivity index (χ3v) is 1.84. The summed E-state index contributed by atoms with van der Waals surface area (Å²) in [5, 5.41) is 17.2. The van der Waals surface area contributed by atoms with E-state index >= 15 is 0 Å². The topological polar surface area (TPSA) is 83.8 Å². The summed E-state index contributed by atoms with van der Waals surface area (Å²) in [6.45, 7) is -0.561. The van der Waals surface area contributed by atoms with Crippen molar-refractivity contribution in [3.63, 3.8) is 0 Å². The van der Waals surface area contributed by atoms with Crippen LogP contribution in [-0.2, 0) is 11.2 Å². The fraction of sp³-hybridized carbons (Fsp3) is 0.200. The number of carbonyl (C=O) groups is 2. The number of hydrogen-bond acceptors (Lipinski definition) is 4. The van der Waals surface area contributed by atoms with E-state index in [-0.39, 0.29) is 23.3 Å². The molecule has 15 heavy (non-hydrogen) atoms. The molecule has 0 aliphatic carbocycles. The molecule has 0 saturated carbocycles. The van der Waals surface area contributed by atoms with Gasteiger partial charge in [-0.1, -0.05) is 12.1 Å². The second kappa shape index (κ2) is 5.11. The SMILES string of the molecule is O=Cc1cccc(OCO)c1CC(=O)O. The van der Waals surface area contributed by atoms with Gasteiger partial charge in [-0.05, 0) is 6.07 Å². The van der Waals surface area contributed by atoms with E-state index in [1.54, 1.807) is 6.07 Å². The molecule has 0 atom stereocenters. The van der Waals surface area contributed by atoms with Crippen LogP contribution in [0.1, 0.15) is 15.9 Å². The molecule has 1 aromatic rings. The third kappa shape index (κ3) is 2.78.